The lowest BCUT2D eigenvalue weighted by Crippen LogP contribution is -2.19. The summed E-state index contributed by atoms with van der Waals surface area (Å²) in [6.07, 6.45) is 1.57. The van der Waals surface area contributed by atoms with E-state index in [1.807, 2.05) is 49.4 Å². The first-order chi connectivity index (χ1) is 19.2. The van der Waals surface area contributed by atoms with Crippen molar-refractivity contribution in [2.45, 2.75) is 44.1 Å². The molecule has 1 heterocycles. The lowest BCUT2D eigenvalue weighted by Gasteiger charge is -2.19. The second-order valence-electron chi connectivity index (χ2n) is 9.82. The van der Waals surface area contributed by atoms with Crippen LogP contribution in [0.2, 0.25) is 0 Å². The number of aromatic nitrogens is 2. The molecule has 0 saturated carbocycles. The maximum Gasteiger partial charge on any atom is 0.250 e. The Morgan fingerprint density at radius 3 is 2.52 bits per heavy atom. The van der Waals surface area contributed by atoms with Crippen LogP contribution in [-0.2, 0) is 16.8 Å². The lowest BCUT2D eigenvalue weighted by atomic mass is 9.87. The molecule has 1 amide bonds. The SMILES string of the molecule is CCOc1cc(C=NNC(=O)CSc2nnc(-c3ccccc3)s2)cc(Br)c1OCc1ccc(C(C)(C)C)cc1. The van der Waals surface area contributed by atoms with Gasteiger partial charge < -0.3 is 9.47 Å². The summed E-state index contributed by atoms with van der Waals surface area (Å²) in [5, 5.41) is 13.3. The lowest BCUT2D eigenvalue weighted by molar-refractivity contribution is -0.118. The molecule has 0 radical (unpaired) electrons. The van der Waals surface area contributed by atoms with Crippen molar-refractivity contribution in [3.63, 3.8) is 0 Å². The second-order valence-corrected chi connectivity index (χ2v) is 12.9. The average Bonchev–Trinajstić information content (AvgIpc) is 3.41. The van der Waals surface area contributed by atoms with Crippen molar-refractivity contribution in [3.8, 4) is 22.1 Å². The molecule has 0 fully saturated rings. The number of hydrogen-bond donors (Lipinski definition) is 1. The third kappa shape index (κ3) is 8.39. The van der Waals surface area contributed by atoms with Gasteiger partial charge in [-0.1, -0.05) is 98.5 Å². The van der Waals surface area contributed by atoms with Crippen molar-refractivity contribution < 1.29 is 14.3 Å². The number of thioether (sulfide) groups is 1. The number of nitrogens with zero attached hydrogens (tertiary/aromatic N) is 3. The maximum atomic E-state index is 12.3. The van der Waals surface area contributed by atoms with Crippen LogP contribution < -0.4 is 14.9 Å². The van der Waals surface area contributed by atoms with Gasteiger partial charge in [-0.3, -0.25) is 4.79 Å². The van der Waals surface area contributed by atoms with Crippen LogP contribution in [0.3, 0.4) is 0 Å². The van der Waals surface area contributed by atoms with E-state index in [9.17, 15) is 4.79 Å². The summed E-state index contributed by atoms with van der Waals surface area (Å²) in [5.74, 6) is 1.15. The monoisotopic (exact) mass is 638 g/mol. The van der Waals surface area contributed by atoms with Gasteiger partial charge in [0.1, 0.15) is 11.6 Å². The van der Waals surface area contributed by atoms with Gasteiger partial charge in [-0.15, -0.1) is 10.2 Å². The van der Waals surface area contributed by atoms with Gasteiger partial charge in [0.25, 0.3) is 5.91 Å². The number of benzene rings is 3. The molecule has 7 nitrogen and oxygen atoms in total. The maximum absolute atomic E-state index is 12.3. The Morgan fingerprint density at radius 2 is 1.82 bits per heavy atom. The van der Waals surface area contributed by atoms with Crippen molar-refractivity contribution in [2.75, 3.05) is 12.4 Å². The number of carbonyl (C=O) groups is 1. The fourth-order valence-corrected chi connectivity index (χ4v) is 5.85. The van der Waals surface area contributed by atoms with Gasteiger partial charge in [0.05, 0.1) is 23.0 Å². The molecule has 0 aliphatic carbocycles. The topological polar surface area (TPSA) is 85.7 Å². The van der Waals surface area contributed by atoms with E-state index in [0.29, 0.717) is 24.7 Å². The molecule has 10 heteroatoms. The van der Waals surface area contributed by atoms with Crippen molar-refractivity contribution in [1.82, 2.24) is 15.6 Å². The zero-order valence-corrected chi connectivity index (χ0v) is 26.0. The van der Waals surface area contributed by atoms with Crippen molar-refractivity contribution in [2.24, 2.45) is 5.10 Å². The molecular weight excluding hydrogens is 608 g/mol. The Balaban J connectivity index is 1.32. The van der Waals surface area contributed by atoms with E-state index in [1.165, 1.54) is 28.7 Å². The van der Waals surface area contributed by atoms with Gasteiger partial charge >= 0.3 is 0 Å². The molecule has 4 aromatic rings. The quantitative estimate of drug-likeness (QED) is 0.104. The van der Waals surface area contributed by atoms with E-state index >= 15 is 0 Å². The van der Waals surface area contributed by atoms with Crippen molar-refractivity contribution >= 4 is 51.2 Å². The number of halogens is 1. The van der Waals surface area contributed by atoms with E-state index in [1.54, 1.807) is 6.21 Å². The molecule has 0 saturated heterocycles. The minimum atomic E-state index is -0.237. The van der Waals surface area contributed by atoms with Crippen molar-refractivity contribution in [3.05, 3.63) is 87.9 Å². The fourth-order valence-electron chi connectivity index (χ4n) is 3.63. The van der Waals surface area contributed by atoms with Crippen LogP contribution in [0.15, 0.2) is 80.6 Å². The summed E-state index contributed by atoms with van der Waals surface area (Å²) in [5.41, 5.74) is 6.77. The number of ether oxygens (including phenoxy) is 2. The zero-order valence-electron chi connectivity index (χ0n) is 22.8. The number of hydrogen-bond acceptors (Lipinski definition) is 8. The van der Waals surface area contributed by atoms with Gasteiger partial charge in [-0.25, -0.2) is 5.43 Å². The molecule has 3 aromatic carbocycles. The van der Waals surface area contributed by atoms with Gasteiger partial charge in [-0.2, -0.15) is 5.10 Å². The number of amides is 1. The molecule has 0 spiro atoms. The number of nitrogens with one attached hydrogen (secondary N) is 1. The van der Waals surface area contributed by atoms with Gasteiger partial charge in [0, 0.05) is 5.56 Å². The highest BCUT2D eigenvalue weighted by Crippen LogP contribution is 2.37. The van der Waals surface area contributed by atoms with Crippen LogP contribution in [-0.4, -0.2) is 34.7 Å². The molecule has 0 bridgehead atoms. The summed E-state index contributed by atoms with van der Waals surface area (Å²) in [6.45, 7) is 9.40. The fraction of sp³-hybridized carbons (Fsp3) is 0.267. The largest absolute Gasteiger partial charge is 0.490 e. The van der Waals surface area contributed by atoms with E-state index < -0.39 is 0 Å². The summed E-state index contributed by atoms with van der Waals surface area (Å²) in [7, 11) is 0. The molecule has 0 atom stereocenters. The van der Waals surface area contributed by atoms with E-state index in [0.717, 1.165) is 30.5 Å². The summed E-state index contributed by atoms with van der Waals surface area (Å²) < 4.78 is 13.4. The van der Waals surface area contributed by atoms with Crippen LogP contribution in [0.1, 0.15) is 44.4 Å². The van der Waals surface area contributed by atoms with Crippen LogP contribution in [0.4, 0.5) is 0 Å². The second kappa shape index (κ2) is 13.9. The van der Waals surface area contributed by atoms with Crippen molar-refractivity contribution in [1.29, 1.82) is 0 Å². The molecule has 1 aromatic heterocycles. The summed E-state index contributed by atoms with van der Waals surface area (Å²) in [6, 6.07) is 22.0. The van der Waals surface area contributed by atoms with E-state index in [4.69, 9.17) is 9.47 Å². The van der Waals surface area contributed by atoms with Gasteiger partial charge in [0.2, 0.25) is 0 Å². The normalized spacial score (nSPS) is 11.5. The highest BCUT2D eigenvalue weighted by atomic mass is 79.9. The smallest absolute Gasteiger partial charge is 0.250 e. The van der Waals surface area contributed by atoms with Gasteiger partial charge in [0.15, 0.2) is 15.8 Å². The Labute approximate surface area is 251 Å². The molecule has 0 unspecified atom stereocenters. The van der Waals surface area contributed by atoms with E-state index in [2.05, 4.69) is 81.7 Å². The highest BCUT2D eigenvalue weighted by Gasteiger charge is 2.15. The number of rotatable bonds is 11. The first kappa shape index (κ1) is 29.8. The van der Waals surface area contributed by atoms with Crippen LogP contribution in [0.25, 0.3) is 10.6 Å². The minimum absolute atomic E-state index is 0.103. The molecular formula is C30H31BrN4O3S2. The molecule has 0 aliphatic heterocycles. The predicted molar refractivity (Wildman–Crippen MR) is 167 cm³/mol. The Morgan fingerprint density at radius 1 is 1.07 bits per heavy atom. The predicted octanol–water partition coefficient (Wildman–Crippen LogP) is 7.49. The zero-order chi connectivity index (χ0) is 28.5. The van der Waals surface area contributed by atoms with Crippen LogP contribution >= 0.6 is 39.0 Å². The highest BCUT2D eigenvalue weighted by molar-refractivity contribution is 9.10. The molecule has 1 N–H and O–H groups in total. The third-order valence-electron chi connectivity index (χ3n) is 5.69. The van der Waals surface area contributed by atoms with Gasteiger partial charge in [-0.05, 0) is 57.1 Å². The molecule has 0 aliphatic rings. The Hall–Kier alpha value is -3.21. The standard InChI is InChI=1S/C30H31BrN4O3S2/c1-5-37-25-16-21(15-24(31)27(25)38-18-20-11-13-23(14-12-20)30(2,3)4)17-32-33-26(36)19-39-29-35-34-28(40-29)22-9-7-6-8-10-22/h6-17H,5,18-19H2,1-4H3,(H,33,36). The third-order valence-corrected chi connectivity index (χ3v) is 8.39. The Bertz CT molecular complexity index is 1450. The molecule has 4 rings (SSSR count). The average molecular weight is 640 g/mol. The first-order valence-electron chi connectivity index (χ1n) is 12.7. The van der Waals surface area contributed by atoms with Crippen LogP contribution in [0, 0.1) is 0 Å². The Kier molecular flexibility index (Phi) is 10.4. The first-order valence-corrected chi connectivity index (χ1v) is 15.3. The minimum Gasteiger partial charge on any atom is -0.490 e. The number of hydrazone groups is 1. The number of carbonyl (C=O) groups excluding carboxylic acids is 1. The van der Waals surface area contributed by atoms with E-state index in [-0.39, 0.29) is 17.1 Å². The molecule has 40 heavy (non-hydrogen) atoms. The van der Waals surface area contributed by atoms with Crippen LogP contribution in [0.5, 0.6) is 11.5 Å². The summed E-state index contributed by atoms with van der Waals surface area (Å²) >= 11 is 6.38. The summed E-state index contributed by atoms with van der Waals surface area (Å²) in [4.78, 5) is 12.3. The molecule has 208 valence electrons.